The Hall–Kier alpha value is -0.160. The minimum atomic E-state index is -1.55. The summed E-state index contributed by atoms with van der Waals surface area (Å²) in [6, 6.07) is 0. The lowest BCUT2D eigenvalue weighted by molar-refractivity contribution is -0.149. The summed E-state index contributed by atoms with van der Waals surface area (Å²) in [6.45, 7) is 0.406. The van der Waals surface area contributed by atoms with Crippen molar-refractivity contribution in [1.82, 2.24) is 0 Å². The van der Waals surface area contributed by atoms with E-state index in [1.807, 2.05) is 0 Å². The zero-order valence-corrected chi connectivity index (χ0v) is 4.90. The molecule has 2 atom stereocenters. The molecule has 0 amide bonds. The first-order valence-corrected chi connectivity index (χ1v) is 2.87. The molecule has 0 aromatic rings. The highest BCUT2D eigenvalue weighted by Gasteiger charge is 2.31. The van der Waals surface area contributed by atoms with Crippen LogP contribution in [0.3, 0.4) is 0 Å². The molecule has 1 saturated heterocycles. The summed E-state index contributed by atoms with van der Waals surface area (Å²) in [5.74, 6) is 0. The molecule has 4 nitrogen and oxygen atoms in total. The number of ether oxygens (including phenoxy) is 1. The zero-order valence-electron chi connectivity index (χ0n) is 4.90. The minimum absolute atomic E-state index is 0.406. The fourth-order valence-corrected chi connectivity index (χ4v) is 0.885. The maximum atomic E-state index is 8.91. The van der Waals surface area contributed by atoms with Gasteiger partial charge >= 0.3 is 0 Å². The Morgan fingerprint density at radius 1 is 1.44 bits per heavy atom. The van der Waals surface area contributed by atoms with E-state index in [1.54, 1.807) is 0 Å². The molecule has 0 saturated carbocycles. The molecule has 1 rings (SSSR count). The predicted octanol–water partition coefficient (Wildman–Crippen LogP) is -1.55. The highest BCUT2D eigenvalue weighted by atomic mass is 16.6. The van der Waals surface area contributed by atoms with Crippen LogP contribution in [0.15, 0.2) is 0 Å². The third-order valence-electron chi connectivity index (χ3n) is 1.40. The van der Waals surface area contributed by atoms with Gasteiger partial charge in [0, 0.05) is 6.61 Å². The van der Waals surface area contributed by atoms with Crippen LogP contribution in [-0.2, 0) is 4.74 Å². The largest absolute Gasteiger partial charge is 0.390 e. The van der Waals surface area contributed by atoms with Crippen molar-refractivity contribution in [2.24, 2.45) is 0 Å². The van der Waals surface area contributed by atoms with E-state index in [0.29, 0.717) is 13.0 Å². The number of hydrogen-bond acceptors (Lipinski definition) is 4. The summed E-state index contributed by atoms with van der Waals surface area (Å²) < 4.78 is 4.78. The Balaban J connectivity index is 2.40. The van der Waals surface area contributed by atoms with Gasteiger partial charge in [-0.2, -0.15) is 0 Å². The van der Waals surface area contributed by atoms with Crippen molar-refractivity contribution in [1.29, 1.82) is 0 Å². The maximum absolute atomic E-state index is 8.91. The average molecular weight is 134 g/mol. The van der Waals surface area contributed by atoms with Crippen LogP contribution in [0, 0.1) is 0 Å². The molecule has 9 heavy (non-hydrogen) atoms. The highest BCUT2D eigenvalue weighted by Crippen LogP contribution is 2.14. The topological polar surface area (TPSA) is 69.9 Å². The molecular formula is C5H10O4. The van der Waals surface area contributed by atoms with Crippen LogP contribution in [0.5, 0.6) is 0 Å². The lowest BCUT2D eigenvalue weighted by Crippen LogP contribution is -2.33. The van der Waals surface area contributed by atoms with E-state index >= 15 is 0 Å². The standard InChI is InChI=1S/C5H10O4/c6-3-1-2-9-4(3)5(7)8/h3-8H,1-2H2/t3-,4-/m0/s1. The van der Waals surface area contributed by atoms with Crippen LogP contribution in [0.4, 0.5) is 0 Å². The van der Waals surface area contributed by atoms with Crippen molar-refractivity contribution < 1.29 is 20.1 Å². The van der Waals surface area contributed by atoms with Crippen molar-refractivity contribution in [3.8, 4) is 0 Å². The zero-order chi connectivity index (χ0) is 6.85. The van der Waals surface area contributed by atoms with Crippen molar-refractivity contribution in [2.75, 3.05) is 6.61 Å². The molecule has 1 heterocycles. The third kappa shape index (κ3) is 1.40. The van der Waals surface area contributed by atoms with Crippen LogP contribution in [0.25, 0.3) is 0 Å². The predicted molar refractivity (Wildman–Crippen MR) is 28.6 cm³/mol. The van der Waals surface area contributed by atoms with E-state index in [9.17, 15) is 0 Å². The average Bonchev–Trinajstić information content (AvgIpc) is 2.13. The molecule has 0 unspecified atom stereocenters. The van der Waals surface area contributed by atoms with Crippen LogP contribution < -0.4 is 0 Å². The van der Waals surface area contributed by atoms with Gasteiger partial charge in [0.2, 0.25) is 0 Å². The Kier molecular flexibility index (Phi) is 2.02. The smallest absolute Gasteiger partial charge is 0.181 e. The van der Waals surface area contributed by atoms with Gasteiger partial charge < -0.3 is 20.1 Å². The van der Waals surface area contributed by atoms with E-state index in [1.165, 1.54) is 0 Å². The molecule has 4 heteroatoms. The summed E-state index contributed by atoms with van der Waals surface area (Å²) in [4.78, 5) is 0. The van der Waals surface area contributed by atoms with Gasteiger partial charge in [-0.05, 0) is 6.42 Å². The van der Waals surface area contributed by atoms with Crippen molar-refractivity contribution in [2.45, 2.75) is 24.9 Å². The summed E-state index contributed by atoms with van der Waals surface area (Å²) in [6.07, 6.45) is -2.58. The van der Waals surface area contributed by atoms with Gasteiger partial charge in [-0.1, -0.05) is 0 Å². The first kappa shape index (κ1) is 6.95. The lowest BCUT2D eigenvalue weighted by atomic mass is 10.2. The Labute approximate surface area is 52.7 Å². The number of hydrogen-bond donors (Lipinski definition) is 3. The molecule has 1 aliphatic rings. The fourth-order valence-electron chi connectivity index (χ4n) is 0.885. The maximum Gasteiger partial charge on any atom is 0.181 e. The second kappa shape index (κ2) is 2.62. The lowest BCUT2D eigenvalue weighted by Gasteiger charge is -2.14. The Morgan fingerprint density at radius 2 is 2.11 bits per heavy atom. The van der Waals surface area contributed by atoms with E-state index in [-0.39, 0.29) is 0 Å². The molecule has 3 N–H and O–H groups in total. The SMILES string of the molecule is OC(O)[C@H]1OCC[C@@H]1O. The molecule has 0 aliphatic carbocycles. The molecule has 1 aliphatic heterocycles. The third-order valence-corrected chi connectivity index (χ3v) is 1.40. The summed E-state index contributed by atoms with van der Waals surface area (Å²) in [5.41, 5.74) is 0. The van der Waals surface area contributed by atoms with E-state index in [0.717, 1.165) is 0 Å². The highest BCUT2D eigenvalue weighted by molar-refractivity contribution is 4.75. The monoisotopic (exact) mass is 134 g/mol. The summed E-state index contributed by atoms with van der Waals surface area (Å²) in [7, 11) is 0. The van der Waals surface area contributed by atoms with Gasteiger partial charge in [-0.25, -0.2) is 0 Å². The summed E-state index contributed by atoms with van der Waals surface area (Å²) in [5, 5.41) is 25.9. The first-order valence-electron chi connectivity index (χ1n) is 2.87. The molecule has 0 bridgehead atoms. The molecule has 0 radical (unpaired) electrons. The number of aliphatic hydroxyl groups excluding tert-OH is 2. The van der Waals surface area contributed by atoms with Gasteiger partial charge in [-0.3, -0.25) is 0 Å². The Morgan fingerprint density at radius 3 is 2.33 bits per heavy atom. The van der Waals surface area contributed by atoms with Crippen molar-refractivity contribution in [3.05, 3.63) is 0 Å². The molecule has 1 fully saturated rings. The minimum Gasteiger partial charge on any atom is -0.390 e. The quantitative estimate of drug-likeness (QED) is 0.380. The number of rotatable bonds is 1. The fraction of sp³-hybridized carbons (Fsp3) is 1.00. The van der Waals surface area contributed by atoms with E-state index in [2.05, 4.69) is 0 Å². The number of aliphatic hydroxyl groups is 3. The van der Waals surface area contributed by atoms with Crippen LogP contribution in [0.2, 0.25) is 0 Å². The van der Waals surface area contributed by atoms with E-state index < -0.39 is 18.5 Å². The molecule has 0 aromatic heterocycles. The molecule has 54 valence electrons. The van der Waals surface area contributed by atoms with Crippen LogP contribution >= 0.6 is 0 Å². The van der Waals surface area contributed by atoms with Gasteiger partial charge in [0.25, 0.3) is 0 Å². The first-order chi connectivity index (χ1) is 4.22. The second-order valence-corrected chi connectivity index (χ2v) is 2.11. The second-order valence-electron chi connectivity index (χ2n) is 2.11. The molecule has 0 aromatic carbocycles. The van der Waals surface area contributed by atoms with Crippen molar-refractivity contribution >= 4 is 0 Å². The normalized spacial score (nSPS) is 36.0. The van der Waals surface area contributed by atoms with Gasteiger partial charge in [0.15, 0.2) is 6.29 Å². The van der Waals surface area contributed by atoms with Crippen molar-refractivity contribution in [3.63, 3.8) is 0 Å². The van der Waals surface area contributed by atoms with Gasteiger partial charge in [-0.15, -0.1) is 0 Å². The molecule has 0 spiro atoms. The van der Waals surface area contributed by atoms with Gasteiger partial charge in [0.1, 0.15) is 6.10 Å². The summed E-state index contributed by atoms with van der Waals surface area (Å²) >= 11 is 0. The van der Waals surface area contributed by atoms with Crippen LogP contribution in [-0.4, -0.2) is 40.4 Å². The Bertz CT molecular complexity index is 93.0. The van der Waals surface area contributed by atoms with Gasteiger partial charge in [0.05, 0.1) is 6.10 Å². The van der Waals surface area contributed by atoms with E-state index in [4.69, 9.17) is 20.1 Å². The van der Waals surface area contributed by atoms with Crippen LogP contribution in [0.1, 0.15) is 6.42 Å². The molecular weight excluding hydrogens is 124 g/mol.